The van der Waals surface area contributed by atoms with Gasteiger partial charge in [-0.15, -0.1) is 0 Å². The van der Waals surface area contributed by atoms with Crippen LogP contribution in [0, 0.1) is 0 Å². The Labute approximate surface area is 110 Å². The van der Waals surface area contributed by atoms with E-state index in [1.54, 1.807) is 0 Å². The second-order valence-electron chi connectivity index (χ2n) is 3.46. The van der Waals surface area contributed by atoms with E-state index in [-0.39, 0.29) is 6.42 Å². The van der Waals surface area contributed by atoms with Gasteiger partial charge in [0, 0.05) is 22.8 Å². The van der Waals surface area contributed by atoms with Crippen LogP contribution in [0.5, 0.6) is 0 Å². The van der Waals surface area contributed by atoms with E-state index in [1.165, 1.54) is 5.54 Å². The fourth-order valence-electron chi connectivity index (χ4n) is 1.39. The molecule has 1 aromatic carbocycles. The van der Waals surface area contributed by atoms with E-state index in [0.29, 0.717) is 18.1 Å². The van der Waals surface area contributed by atoms with Crippen LogP contribution < -0.4 is 4.90 Å². The molecule has 1 N–H and O–H groups in total. The number of rotatable bonds is 6. The molecule has 0 fully saturated rings. The van der Waals surface area contributed by atoms with Gasteiger partial charge >= 0.3 is 5.97 Å². The van der Waals surface area contributed by atoms with E-state index in [4.69, 9.17) is 28.3 Å². The highest BCUT2D eigenvalue weighted by molar-refractivity contribution is 6.36. The molecule has 0 spiro atoms. The summed E-state index contributed by atoms with van der Waals surface area (Å²) in [5.74, 6) is -0.836. The van der Waals surface area contributed by atoms with Crippen LogP contribution in [0.25, 0.3) is 0 Å². The standard InChI is InChI=1S/C12H13Cl2NO2/c13-8-10(14)9-15(7-6-12(16)17)11-4-2-1-3-5-11/h1-5,8H,6-7,9H2,(H,16,17). The molecule has 0 aromatic heterocycles. The number of aliphatic carboxylic acids is 1. The highest BCUT2D eigenvalue weighted by Gasteiger charge is 2.09. The fourth-order valence-corrected chi connectivity index (χ4v) is 1.60. The van der Waals surface area contributed by atoms with E-state index in [1.807, 2.05) is 35.2 Å². The number of carbonyl (C=O) groups is 1. The molecular weight excluding hydrogens is 261 g/mol. The maximum absolute atomic E-state index is 10.6. The number of para-hydroxylation sites is 1. The zero-order chi connectivity index (χ0) is 12.7. The molecule has 0 amide bonds. The quantitative estimate of drug-likeness (QED) is 0.865. The predicted octanol–water partition coefficient (Wildman–Crippen LogP) is 3.29. The minimum atomic E-state index is -0.836. The van der Waals surface area contributed by atoms with Crippen molar-refractivity contribution < 1.29 is 9.90 Å². The number of nitrogens with zero attached hydrogens (tertiary/aromatic N) is 1. The molecule has 0 aliphatic rings. The Morgan fingerprint density at radius 2 is 2.00 bits per heavy atom. The summed E-state index contributed by atoms with van der Waals surface area (Å²) < 4.78 is 0. The number of halogens is 2. The van der Waals surface area contributed by atoms with Crippen LogP contribution in [0.2, 0.25) is 0 Å². The first kappa shape index (κ1) is 13.9. The summed E-state index contributed by atoms with van der Waals surface area (Å²) >= 11 is 11.4. The Kier molecular flexibility index (Phi) is 5.87. The molecule has 17 heavy (non-hydrogen) atoms. The van der Waals surface area contributed by atoms with Crippen molar-refractivity contribution in [2.45, 2.75) is 6.42 Å². The molecule has 0 saturated carbocycles. The molecule has 0 atom stereocenters. The van der Waals surface area contributed by atoms with Crippen LogP contribution in [-0.2, 0) is 4.79 Å². The fraction of sp³-hybridized carbons (Fsp3) is 0.250. The highest BCUT2D eigenvalue weighted by Crippen LogP contribution is 2.17. The first-order valence-electron chi connectivity index (χ1n) is 5.10. The van der Waals surface area contributed by atoms with Crippen molar-refractivity contribution in [1.29, 1.82) is 0 Å². The Morgan fingerprint density at radius 3 is 2.53 bits per heavy atom. The largest absolute Gasteiger partial charge is 0.481 e. The minimum Gasteiger partial charge on any atom is -0.481 e. The lowest BCUT2D eigenvalue weighted by Crippen LogP contribution is -2.27. The predicted molar refractivity (Wildman–Crippen MR) is 70.7 cm³/mol. The van der Waals surface area contributed by atoms with Gasteiger partial charge in [-0.25, -0.2) is 0 Å². The van der Waals surface area contributed by atoms with E-state index >= 15 is 0 Å². The van der Waals surface area contributed by atoms with E-state index in [2.05, 4.69) is 0 Å². The van der Waals surface area contributed by atoms with E-state index in [0.717, 1.165) is 5.69 Å². The minimum absolute atomic E-state index is 0.0569. The number of hydrogen-bond acceptors (Lipinski definition) is 2. The van der Waals surface area contributed by atoms with Crippen LogP contribution in [0.3, 0.4) is 0 Å². The van der Waals surface area contributed by atoms with Gasteiger partial charge in [-0.2, -0.15) is 0 Å². The molecule has 0 unspecified atom stereocenters. The molecule has 0 saturated heterocycles. The second kappa shape index (κ2) is 7.20. The van der Waals surface area contributed by atoms with Crippen LogP contribution in [0.4, 0.5) is 5.69 Å². The number of carboxylic acid groups (broad SMARTS) is 1. The van der Waals surface area contributed by atoms with Gasteiger partial charge in [-0.1, -0.05) is 41.4 Å². The van der Waals surface area contributed by atoms with Crippen molar-refractivity contribution in [3.8, 4) is 0 Å². The van der Waals surface area contributed by atoms with Gasteiger partial charge in [0.15, 0.2) is 0 Å². The molecule has 0 aliphatic heterocycles. The number of anilines is 1. The third-order valence-corrected chi connectivity index (χ3v) is 2.78. The van der Waals surface area contributed by atoms with Crippen molar-refractivity contribution >= 4 is 34.9 Å². The van der Waals surface area contributed by atoms with Crippen molar-refractivity contribution in [2.24, 2.45) is 0 Å². The van der Waals surface area contributed by atoms with Gasteiger partial charge in [-0.3, -0.25) is 4.79 Å². The average Bonchev–Trinajstić information content (AvgIpc) is 2.35. The van der Waals surface area contributed by atoms with Gasteiger partial charge in [0.05, 0.1) is 13.0 Å². The van der Waals surface area contributed by atoms with Gasteiger partial charge < -0.3 is 10.0 Å². The summed E-state index contributed by atoms with van der Waals surface area (Å²) in [6.07, 6.45) is 0.0569. The second-order valence-corrected chi connectivity index (χ2v) is 4.16. The molecule has 92 valence electrons. The van der Waals surface area contributed by atoms with Crippen LogP contribution in [-0.4, -0.2) is 24.2 Å². The normalized spacial score (nSPS) is 11.3. The molecular formula is C12H13Cl2NO2. The van der Waals surface area contributed by atoms with Crippen LogP contribution in [0.1, 0.15) is 6.42 Å². The summed E-state index contributed by atoms with van der Waals surface area (Å²) in [6, 6.07) is 9.49. The van der Waals surface area contributed by atoms with Crippen molar-refractivity contribution in [3.05, 3.63) is 40.9 Å². The number of hydrogen-bond donors (Lipinski definition) is 1. The van der Waals surface area contributed by atoms with Crippen molar-refractivity contribution in [3.63, 3.8) is 0 Å². The van der Waals surface area contributed by atoms with Crippen molar-refractivity contribution in [2.75, 3.05) is 18.0 Å². The smallest absolute Gasteiger partial charge is 0.305 e. The average molecular weight is 274 g/mol. The maximum Gasteiger partial charge on any atom is 0.305 e. The Bertz CT molecular complexity index is 393. The third-order valence-electron chi connectivity index (χ3n) is 2.18. The summed E-state index contributed by atoms with van der Waals surface area (Å²) in [5, 5.41) is 9.17. The Morgan fingerprint density at radius 1 is 1.35 bits per heavy atom. The van der Waals surface area contributed by atoms with Crippen LogP contribution >= 0.6 is 23.2 Å². The van der Waals surface area contributed by atoms with Gasteiger partial charge in [0.2, 0.25) is 0 Å². The highest BCUT2D eigenvalue weighted by atomic mass is 35.5. The lowest BCUT2D eigenvalue weighted by atomic mass is 10.2. The summed E-state index contributed by atoms with van der Waals surface area (Å²) in [7, 11) is 0. The lowest BCUT2D eigenvalue weighted by Gasteiger charge is -2.23. The number of benzene rings is 1. The van der Waals surface area contributed by atoms with Gasteiger partial charge in [0.25, 0.3) is 0 Å². The molecule has 1 aromatic rings. The molecule has 0 bridgehead atoms. The SMILES string of the molecule is O=C(O)CCN(CC(Cl)=CCl)c1ccccc1. The lowest BCUT2D eigenvalue weighted by molar-refractivity contribution is -0.136. The van der Waals surface area contributed by atoms with E-state index < -0.39 is 5.97 Å². The number of carboxylic acids is 1. The maximum atomic E-state index is 10.6. The third kappa shape index (κ3) is 5.11. The molecule has 0 heterocycles. The summed E-state index contributed by atoms with van der Waals surface area (Å²) in [5.41, 5.74) is 2.21. The molecule has 0 aliphatic carbocycles. The van der Waals surface area contributed by atoms with Gasteiger partial charge in [0.1, 0.15) is 0 Å². The summed E-state index contributed by atoms with van der Waals surface area (Å²) in [4.78, 5) is 12.5. The van der Waals surface area contributed by atoms with Crippen LogP contribution in [0.15, 0.2) is 40.9 Å². The Hall–Kier alpha value is -1.19. The summed E-state index contributed by atoms with van der Waals surface area (Å²) in [6.45, 7) is 0.794. The zero-order valence-electron chi connectivity index (χ0n) is 9.14. The Balaban J connectivity index is 2.75. The molecule has 1 rings (SSSR count). The zero-order valence-corrected chi connectivity index (χ0v) is 10.7. The first-order valence-corrected chi connectivity index (χ1v) is 5.91. The monoisotopic (exact) mass is 273 g/mol. The van der Waals surface area contributed by atoms with Crippen molar-refractivity contribution in [1.82, 2.24) is 0 Å². The topological polar surface area (TPSA) is 40.5 Å². The molecule has 3 nitrogen and oxygen atoms in total. The van der Waals surface area contributed by atoms with Gasteiger partial charge in [-0.05, 0) is 12.1 Å². The first-order chi connectivity index (χ1) is 8.13. The molecule has 5 heteroatoms. The molecule has 0 radical (unpaired) electrons. The van der Waals surface area contributed by atoms with E-state index in [9.17, 15) is 4.79 Å².